The van der Waals surface area contributed by atoms with Crippen molar-refractivity contribution in [2.24, 2.45) is 0 Å². The predicted molar refractivity (Wildman–Crippen MR) is 84.5 cm³/mol. The zero-order valence-electron chi connectivity index (χ0n) is 12.4. The Morgan fingerprint density at radius 3 is 3.14 bits per heavy atom. The molecule has 112 valence electrons. The maximum absolute atomic E-state index is 12.4. The smallest absolute Gasteiger partial charge is 0.222 e. The van der Waals surface area contributed by atoms with Gasteiger partial charge in [0.05, 0.1) is 12.2 Å². The van der Waals surface area contributed by atoms with Crippen molar-refractivity contribution in [3.05, 3.63) is 40.3 Å². The molecule has 0 aromatic carbocycles. The molecule has 2 aromatic heterocycles. The summed E-state index contributed by atoms with van der Waals surface area (Å²) < 4.78 is 2.02. The van der Waals surface area contributed by atoms with Crippen LogP contribution in [-0.2, 0) is 11.2 Å². The van der Waals surface area contributed by atoms with Crippen molar-refractivity contribution in [2.75, 3.05) is 13.1 Å². The van der Waals surface area contributed by atoms with Gasteiger partial charge in [-0.1, -0.05) is 0 Å². The molecule has 1 atom stereocenters. The number of hydrogen-bond donors (Lipinski definition) is 0. The minimum absolute atomic E-state index is 0.273. The topological polar surface area (TPSA) is 38.1 Å². The van der Waals surface area contributed by atoms with Gasteiger partial charge in [-0.05, 0) is 54.1 Å². The molecule has 1 amide bonds. The zero-order valence-corrected chi connectivity index (χ0v) is 13.2. The Bertz CT molecular complexity index is 590. The summed E-state index contributed by atoms with van der Waals surface area (Å²) in [6, 6.07) is 2.43. The molecule has 1 saturated heterocycles. The number of likely N-dealkylation sites (tertiary alicyclic amines) is 1. The summed E-state index contributed by atoms with van der Waals surface area (Å²) in [6.45, 7) is 3.74. The molecular formula is C16H21N3OS. The first-order valence-corrected chi connectivity index (χ1v) is 8.46. The summed E-state index contributed by atoms with van der Waals surface area (Å²) in [4.78, 5) is 14.4. The van der Waals surface area contributed by atoms with Gasteiger partial charge in [-0.3, -0.25) is 9.48 Å². The van der Waals surface area contributed by atoms with Gasteiger partial charge in [-0.25, -0.2) is 0 Å². The van der Waals surface area contributed by atoms with Gasteiger partial charge in [-0.2, -0.15) is 16.4 Å². The largest absolute Gasteiger partial charge is 0.341 e. The molecule has 0 spiro atoms. The highest BCUT2D eigenvalue weighted by atomic mass is 32.1. The molecule has 1 fully saturated rings. The van der Waals surface area contributed by atoms with Crippen molar-refractivity contribution in [1.82, 2.24) is 14.7 Å². The number of piperidine rings is 1. The van der Waals surface area contributed by atoms with E-state index in [-0.39, 0.29) is 5.91 Å². The quantitative estimate of drug-likeness (QED) is 0.870. The SMILES string of the molecule is Cc1cnn(C2CCCN(C(=O)CCc3ccsc3)C2)c1. The Kier molecular flexibility index (Phi) is 4.39. The highest BCUT2D eigenvalue weighted by molar-refractivity contribution is 7.07. The normalized spacial score (nSPS) is 18.9. The molecule has 3 rings (SSSR count). The van der Waals surface area contributed by atoms with E-state index in [0.717, 1.165) is 32.4 Å². The number of carbonyl (C=O) groups is 1. The van der Waals surface area contributed by atoms with Crippen molar-refractivity contribution in [3.8, 4) is 0 Å². The van der Waals surface area contributed by atoms with Crippen LogP contribution < -0.4 is 0 Å². The van der Waals surface area contributed by atoms with E-state index in [9.17, 15) is 4.79 Å². The van der Waals surface area contributed by atoms with Crippen molar-refractivity contribution in [2.45, 2.75) is 38.6 Å². The third-order valence-corrected chi connectivity index (χ3v) is 4.79. The lowest BCUT2D eigenvalue weighted by molar-refractivity contribution is -0.132. The van der Waals surface area contributed by atoms with Crippen LogP contribution in [0.25, 0.3) is 0 Å². The van der Waals surface area contributed by atoms with Gasteiger partial charge in [0, 0.05) is 25.7 Å². The van der Waals surface area contributed by atoms with Gasteiger partial charge in [0.1, 0.15) is 0 Å². The van der Waals surface area contributed by atoms with Crippen LogP contribution in [0.5, 0.6) is 0 Å². The Morgan fingerprint density at radius 1 is 1.52 bits per heavy atom. The standard InChI is InChI=1S/C16H21N3OS/c1-13-9-17-19(10-13)15-3-2-7-18(11-15)16(20)5-4-14-6-8-21-12-14/h6,8-10,12,15H,2-5,7,11H2,1H3. The summed E-state index contributed by atoms with van der Waals surface area (Å²) in [5.41, 5.74) is 2.44. The first kappa shape index (κ1) is 14.3. The molecule has 0 aliphatic carbocycles. The van der Waals surface area contributed by atoms with Gasteiger partial charge in [0.2, 0.25) is 5.91 Å². The summed E-state index contributed by atoms with van der Waals surface area (Å²) in [7, 11) is 0. The maximum atomic E-state index is 12.4. The average molecular weight is 303 g/mol. The predicted octanol–water partition coefficient (Wildman–Crippen LogP) is 3.05. The van der Waals surface area contributed by atoms with Gasteiger partial charge in [-0.15, -0.1) is 0 Å². The van der Waals surface area contributed by atoms with Gasteiger partial charge in [0.25, 0.3) is 0 Å². The monoisotopic (exact) mass is 303 g/mol. The Hall–Kier alpha value is -1.62. The van der Waals surface area contributed by atoms with E-state index < -0.39 is 0 Å². The first-order valence-electron chi connectivity index (χ1n) is 7.52. The molecule has 0 bridgehead atoms. The fourth-order valence-corrected chi connectivity index (χ4v) is 3.58. The van der Waals surface area contributed by atoms with Crippen molar-refractivity contribution in [1.29, 1.82) is 0 Å². The summed E-state index contributed by atoms with van der Waals surface area (Å²) >= 11 is 1.69. The summed E-state index contributed by atoms with van der Waals surface area (Å²) in [5.74, 6) is 0.273. The van der Waals surface area contributed by atoms with Crippen LogP contribution >= 0.6 is 11.3 Å². The molecule has 1 unspecified atom stereocenters. The minimum Gasteiger partial charge on any atom is -0.341 e. The molecule has 3 heterocycles. The number of thiophene rings is 1. The fourth-order valence-electron chi connectivity index (χ4n) is 2.87. The van der Waals surface area contributed by atoms with E-state index in [2.05, 4.69) is 35.0 Å². The van der Waals surface area contributed by atoms with E-state index in [4.69, 9.17) is 0 Å². The van der Waals surface area contributed by atoms with Gasteiger partial charge >= 0.3 is 0 Å². The molecule has 5 heteroatoms. The van der Waals surface area contributed by atoms with Gasteiger partial charge in [0.15, 0.2) is 0 Å². The highest BCUT2D eigenvalue weighted by Gasteiger charge is 2.24. The first-order chi connectivity index (χ1) is 10.2. The van der Waals surface area contributed by atoms with Crippen LogP contribution in [0.4, 0.5) is 0 Å². The lowest BCUT2D eigenvalue weighted by Gasteiger charge is -2.33. The van der Waals surface area contributed by atoms with Crippen LogP contribution in [0.2, 0.25) is 0 Å². The second-order valence-electron chi connectivity index (χ2n) is 5.77. The Labute approximate surface area is 129 Å². The van der Waals surface area contributed by atoms with E-state index in [0.29, 0.717) is 12.5 Å². The lowest BCUT2D eigenvalue weighted by atomic mass is 10.0. The van der Waals surface area contributed by atoms with Gasteiger partial charge < -0.3 is 4.90 Å². The van der Waals surface area contributed by atoms with E-state index in [1.807, 2.05) is 15.8 Å². The molecule has 21 heavy (non-hydrogen) atoms. The van der Waals surface area contributed by atoms with Crippen molar-refractivity contribution in [3.63, 3.8) is 0 Å². The second kappa shape index (κ2) is 6.43. The zero-order chi connectivity index (χ0) is 14.7. The highest BCUT2D eigenvalue weighted by Crippen LogP contribution is 2.22. The third-order valence-electron chi connectivity index (χ3n) is 4.06. The van der Waals surface area contributed by atoms with Crippen LogP contribution in [0.3, 0.4) is 0 Å². The third kappa shape index (κ3) is 3.53. The minimum atomic E-state index is 0.273. The van der Waals surface area contributed by atoms with Crippen LogP contribution in [-0.4, -0.2) is 33.7 Å². The molecular weight excluding hydrogens is 282 g/mol. The van der Waals surface area contributed by atoms with Crippen molar-refractivity contribution < 1.29 is 4.79 Å². The van der Waals surface area contributed by atoms with E-state index >= 15 is 0 Å². The van der Waals surface area contributed by atoms with Crippen LogP contribution in [0, 0.1) is 6.92 Å². The number of aromatic nitrogens is 2. The van der Waals surface area contributed by atoms with Crippen molar-refractivity contribution >= 4 is 17.2 Å². The number of hydrogen-bond acceptors (Lipinski definition) is 3. The van der Waals surface area contributed by atoms with E-state index in [1.165, 1.54) is 11.1 Å². The number of nitrogens with zero attached hydrogens (tertiary/aromatic N) is 3. The molecule has 4 nitrogen and oxygen atoms in total. The summed E-state index contributed by atoms with van der Waals surface area (Å²) in [5, 5.41) is 8.59. The van der Waals surface area contributed by atoms with Crippen LogP contribution in [0.1, 0.15) is 36.4 Å². The maximum Gasteiger partial charge on any atom is 0.222 e. The molecule has 1 aliphatic heterocycles. The molecule has 0 saturated carbocycles. The lowest BCUT2D eigenvalue weighted by Crippen LogP contribution is -2.40. The fraction of sp³-hybridized carbons (Fsp3) is 0.500. The molecule has 0 N–H and O–H groups in total. The Morgan fingerprint density at radius 2 is 2.43 bits per heavy atom. The molecule has 0 radical (unpaired) electrons. The summed E-state index contributed by atoms with van der Waals surface area (Å²) in [6.07, 6.45) is 7.59. The number of amides is 1. The number of rotatable bonds is 4. The number of aryl methyl sites for hydroxylation is 2. The molecule has 1 aliphatic rings. The number of carbonyl (C=O) groups excluding carboxylic acids is 1. The van der Waals surface area contributed by atoms with Crippen LogP contribution in [0.15, 0.2) is 29.2 Å². The Balaban J connectivity index is 1.56. The second-order valence-corrected chi connectivity index (χ2v) is 6.55. The average Bonchev–Trinajstić information content (AvgIpc) is 3.16. The van der Waals surface area contributed by atoms with E-state index in [1.54, 1.807) is 11.3 Å². The molecule has 2 aromatic rings.